The Morgan fingerprint density at radius 2 is 2.37 bits per heavy atom. The zero-order valence-electron chi connectivity index (χ0n) is 10.9. The Balaban J connectivity index is 2.67. The first kappa shape index (κ1) is 15.2. The van der Waals surface area contributed by atoms with Crippen LogP contribution in [0.3, 0.4) is 0 Å². The second-order valence-corrected chi connectivity index (χ2v) is 4.41. The molecule has 1 atom stereocenters. The summed E-state index contributed by atoms with van der Waals surface area (Å²) in [5.41, 5.74) is 1.03. The van der Waals surface area contributed by atoms with Gasteiger partial charge in [-0.2, -0.15) is 0 Å². The molecule has 1 aromatic heterocycles. The van der Waals surface area contributed by atoms with E-state index < -0.39 is 4.92 Å². The van der Waals surface area contributed by atoms with Gasteiger partial charge >= 0.3 is 0 Å². The van der Waals surface area contributed by atoms with Crippen molar-refractivity contribution >= 4 is 11.6 Å². The van der Waals surface area contributed by atoms with Gasteiger partial charge in [0.25, 0.3) is 6.20 Å². The van der Waals surface area contributed by atoms with Crippen LogP contribution in [-0.2, 0) is 6.42 Å². The van der Waals surface area contributed by atoms with Crippen LogP contribution in [0.2, 0.25) is 5.15 Å². The Labute approximate surface area is 117 Å². The number of nitrogens with one attached hydrogen (secondary N) is 2. The highest BCUT2D eigenvalue weighted by molar-refractivity contribution is 6.29. The summed E-state index contributed by atoms with van der Waals surface area (Å²) in [4.78, 5) is 14.0. The van der Waals surface area contributed by atoms with E-state index in [1.54, 1.807) is 19.3 Å². The number of pyridine rings is 1. The Bertz CT molecular complexity index is 448. The number of nitrogens with zero attached hydrogens (tertiary/aromatic N) is 2. The quantitative estimate of drug-likeness (QED) is 0.454. The minimum absolute atomic E-state index is 0.0848. The molecule has 0 aliphatic heterocycles. The van der Waals surface area contributed by atoms with E-state index in [1.807, 2.05) is 13.0 Å². The molecule has 0 aliphatic rings. The molecule has 1 heterocycles. The van der Waals surface area contributed by atoms with Gasteiger partial charge in [-0.05, 0) is 24.5 Å². The lowest BCUT2D eigenvalue weighted by Gasteiger charge is -2.18. The maximum atomic E-state index is 10.5. The minimum Gasteiger partial charge on any atom is -0.370 e. The zero-order chi connectivity index (χ0) is 14.3. The van der Waals surface area contributed by atoms with Crippen molar-refractivity contribution in [1.82, 2.24) is 15.6 Å². The summed E-state index contributed by atoms with van der Waals surface area (Å²) >= 11 is 5.73. The molecule has 6 nitrogen and oxygen atoms in total. The van der Waals surface area contributed by atoms with Crippen molar-refractivity contribution in [1.29, 1.82) is 0 Å². The molecule has 1 aromatic rings. The van der Waals surface area contributed by atoms with Crippen LogP contribution in [0.5, 0.6) is 0 Å². The van der Waals surface area contributed by atoms with Crippen LogP contribution >= 0.6 is 11.6 Å². The second-order valence-electron chi connectivity index (χ2n) is 4.02. The summed E-state index contributed by atoms with van der Waals surface area (Å²) in [7, 11) is 1.64. The van der Waals surface area contributed by atoms with Crippen molar-refractivity contribution in [3.8, 4) is 0 Å². The van der Waals surface area contributed by atoms with Gasteiger partial charge in [0, 0.05) is 19.3 Å². The molecule has 0 fully saturated rings. The molecule has 0 saturated heterocycles. The van der Waals surface area contributed by atoms with Crippen LogP contribution < -0.4 is 10.6 Å². The molecule has 104 valence electrons. The van der Waals surface area contributed by atoms with E-state index in [-0.39, 0.29) is 6.04 Å². The van der Waals surface area contributed by atoms with Crippen LogP contribution in [0.25, 0.3) is 0 Å². The third-order valence-electron chi connectivity index (χ3n) is 2.63. The zero-order valence-corrected chi connectivity index (χ0v) is 11.6. The van der Waals surface area contributed by atoms with E-state index >= 15 is 0 Å². The van der Waals surface area contributed by atoms with Crippen LogP contribution in [0.1, 0.15) is 18.9 Å². The molecule has 7 heteroatoms. The predicted octanol–water partition coefficient (Wildman–Crippen LogP) is 1.94. The molecular weight excluding hydrogens is 268 g/mol. The Morgan fingerprint density at radius 3 is 2.84 bits per heavy atom. The van der Waals surface area contributed by atoms with Gasteiger partial charge in [0.15, 0.2) is 5.82 Å². The molecule has 0 spiro atoms. The third-order valence-corrected chi connectivity index (χ3v) is 2.85. The molecule has 0 bridgehead atoms. The lowest BCUT2D eigenvalue weighted by molar-refractivity contribution is -0.404. The van der Waals surface area contributed by atoms with Crippen molar-refractivity contribution in [3.05, 3.63) is 51.2 Å². The first-order valence-corrected chi connectivity index (χ1v) is 6.33. The molecule has 0 aliphatic carbocycles. The van der Waals surface area contributed by atoms with Crippen LogP contribution in [0.4, 0.5) is 0 Å². The van der Waals surface area contributed by atoms with E-state index in [0.29, 0.717) is 11.0 Å². The molecular formula is C12H17ClN4O2. The first-order chi connectivity index (χ1) is 9.05. The minimum atomic E-state index is -0.491. The van der Waals surface area contributed by atoms with Gasteiger partial charge in [-0.15, -0.1) is 0 Å². The van der Waals surface area contributed by atoms with Crippen molar-refractivity contribution < 1.29 is 4.92 Å². The van der Waals surface area contributed by atoms with Crippen molar-refractivity contribution in [2.45, 2.75) is 25.8 Å². The van der Waals surface area contributed by atoms with E-state index in [1.165, 1.54) is 0 Å². The monoisotopic (exact) mass is 284 g/mol. The maximum Gasteiger partial charge on any atom is 0.274 e. The molecule has 2 N–H and O–H groups in total. The van der Waals surface area contributed by atoms with Crippen molar-refractivity contribution in [2.75, 3.05) is 7.05 Å². The van der Waals surface area contributed by atoms with Gasteiger partial charge < -0.3 is 10.6 Å². The van der Waals surface area contributed by atoms with Gasteiger partial charge in [-0.3, -0.25) is 10.1 Å². The first-order valence-electron chi connectivity index (χ1n) is 5.95. The lowest BCUT2D eigenvalue weighted by atomic mass is 10.1. The number of hydrogen-bond acceptors (Lipinski definition) is 5. The fourth-order valence-corrected chi connectivity index (χ4v) is 1.72. The summed E-state index contributed by atoms with van der Waals surface area (Å²) in [5, 5.41) is 16.8. The second kappa shape index (κ2) is 7.58. The fraction of sp³-hybridized carbons (Fsp3) is 0.417. The Kier molecular flexibility index (Phi) is 6.08. The Morgan fingerprint density at radius 1 is 1.63 bits per heavy atom. The molecule has 0 saturated carbocycles. The number of hydrogen-bond donors (Lipinski definition) is 2. The van der Waals surface area contributed by atoms with Gasteiger partial charge in [0.05, 0.1) is 4.92 Å². The van der Waals surface area contributed by atoms with E-state index in [2.05, 4.69) is 15.6 Å². The van der Waals surface area contributed by atoms with Gasteiger partial charge in [0.2, 0.25) is 0 Å². The largest absolute Gasteiger partial charge is 0.370 e. The standard InChI is InChI=1S/C12H17ClN4O2/c1-3-10(16-12(14-2)8-17(18)19)6-9-4-5-11(13)15-7-9/h4-5,7-8,10,14,16H,3,6H2,1-2H3. The Hall–Kier alpha value is -1.82. The lowest BCUT2D eigenvalue weighted by Crippen LogP contribution is -2.35. The average Bonchev–Trinajstić information content (AvgIpc) is 2.38. The van der Waals surface area contributed by atoms with E-state index in [0.717, 1.165) is 24.6 Å². The highest BCUT2D eigenvalue weighted by Crippen LogP contribution is 2.09. The number of nitro groups is 1. The molecule has 19 heavy (non-hydrogen) atoms. The highest BCUT2D eigenvalue weighted by Gasteiger charge is 2.10. The molecule has 1 rings (SSSR count). The predicted molar refractivity (Wildman–Crippen MR) is 74.3 cm³/mol. The number of rotatable bonds is 7. The summed E-state index contributed by atoms with van der Waals surface area (Å²) < 4.78 is 0. The molecule has 1 unspecified atom stereocenters. The van der Waals surface area contributed by atoms with Gasteiger partial charge in [-0.1, -0.05) is 24.6 Å². The number of aromatic nitrogens is 1. The normalized spacial score (nSPS) is 12.9. The SMILES string of the molecule is CCC(Cc1ccc(Cl)nc1)NC(=C[N+](=O)[O-])NC. The maximum absolute atomic E-state index is 10.5. The number of halogens is 1. The van der Waals surface area contributed by atoms with Gasteiger partial charge in [0.1, 0.15) is 5.15 Å². The topological polar surface area (TPSA) is 80.1 Å². The van der Waals surface area contributed by atoms with Crippen LogP contribution in [0, 0.1) is 10.1 Å². The fourth-order valence-electron chi connectivity index (χ4n) is 1.61. The smallest absolute Gasteiger partial charge is 0.274 e. The molecule has 0 aromatic carbocycles. The van der Waals surface area contributed by atoms with E-state index in [4.69, 9.17) is 11.6 Å². The summed E-state index contributed by atoms with van der Waals surface area (Å²) in [5.74, 6) is 0.388. The van der Waals surface area contributed by atoms with Crippen molar-refractivity contribution in [2.24, 2.45) is 0 Å². The molecule has 0 radical (unpaired) electrons. The van der Waals surface area contributed by atoms with Crippen molar-refractivity contribution in [3.63, 3.8) is 0 Å². The van der Waals surface area contributed by atoms with Gasteiger partial charge in [-0.25, -0.2) is 4.98 Å². The third kappa shape index (κ3) is 5.56. The summed E-state index contributed by atoms with van der Waals surface area (Å²) in [6.45, 7) is 2.01. The summed E-state index contributed by atoms with van der Waals surface area (Å²) in [6, 6.07) is 3.72. The van der Waals surface area contributed by atoms with Crippen LogP contribution in [0.15, 0.2) is 30.4 Å². The molecule has 0 amide bonds. The average molecular weight is 285 g/mol. The van der Waals surface area contributed by atoms with Crippen LogP contribution in [-0.4, -0.2) is 23.0 Å². The summed E-state index contributed by atoms with van der Waals surface area (Å²) in [6.07, 6.45) is 4.18. The highest BCUT2D eigenvalue weighted by atomic mass is 35.5. The van der Waals surface area contributed by atoms with E-state index in [9.17, 15) is 10.1 Å².